The van der Waals surface area contributed by atoms with Crippen molar-refractivity contribution in [1.29, 1.82) is 0 Å². The number of anilines is 4. The first-order valence-electron chi connectivity index (χ1n) is 16.4. The van der Waals surface area contributed by atoms with E-state index in [9.17, 15) is 0 Å². The Morgan fingerprint density at radius 3 is 1.83 bits per heavy atom. The van der Waals surface area contributed by atoms with Crippen molar-refractivity contribution in [2.75, 3.05) is 16.8 Å². The normalized spacial score (nSPS) is 12.6. The fourth-order valence-corrected chi connectivity index (χ4v) is 6.88. The van der Waals surface area contributed by atoms with E-state index in [0.717, 1.165) is 28.2 Å². The van der Waals surface area contributed by atoms with Crippen LogP contribution >= 0.6 is 0 Å². The van der Waals surface area contributed by atoms with E-state index in [1.54, 1.807) is 6.08 Å². The fourth-order valence-electron chi connectivity index (χ4n) is 6.88. The molecule has 0 aliphatic carbocycles. The first-order chi connectivity index (χ1) is 23.6. The minimum atomic E-state index is 1.02. The third-order valence-corrected chi connectivity index (χ3v) is 9.12. The summed E-state index contributed by atoms with van der Waals surface area (Å²) in [5.41, 5.74) is 6.54. The minimum absolute atomic E-state index is 1.02. The van der Waals surface area contributed by atoms with Gasteiger partial charge in [-0.1, -0.05) is 128 Å². The van der Waals surface area contributed by atoms with Crippen LogP contribution in [0.2, 0.25) is 0 Å². The lowest BCUT2D eigenvalue weighted by Crippen LogP contribution is -2.11. The van der Waals surface area contributed by atoms with Crippen molar-refractivity contribution in [1.82, 2.24) is 0 Å². The van der Waals surface area contributed by atoms with E-state index in [4.69, 9.17) is 0 Å². The van der Waals surface area contributed by atoms with Crippen molar-refractivity contribution in [3.8, 4) is 0 Å². The smallest absolute Gasteiger partial charge is 0.0488 e. The molecular weight excluding hydrogens is 581 g/mol. The number of hydrogen-bond donors (Lipinski definition) is 0. The molecule has 0 spiro atoms. The zero-order chi connectivity index (χ0) is 33.0. The van der Waals surface area contributed by atoms with Crippen molar-refractivity contribution in [2.24, 2.45) is 0 Å². The monoisotopic (exact) mass is 618 g/mol. The molecule has 0 aliphatic rings. The van der Waals surface area contributed by atoms with E-state index in [2.05, 4.69) is 170 Å². The number of fused-ring (bicyclic) bond motifs is 2. The highest BCUT2D eigenvalue weighted by Gasteiger charge is 2.17. The van der Waals surface area contributed by atoms with E-state index in [1.165, 1.54) is 48.8 Å². The van der Waals surface area contributed by atoms with Gasteiger partial charge in [0.15, 0.2) is 0 Å². The Labute approximate surface area is 283 Å². The van der Waals surface area contributed by atoms with Gasteiger partial charge in [0.05, 0.1) is 0 Å². The van der Waals surface area contributed by atoms with Crippen molar-refractivity contribution in [3.63, 3.8) is 0 Å². The van der Waals surface area contributed by atoms with Crippen molar-refractivity contribution in [3.05, 3.63) is 194 Å². The first-order valence-corrected chi connectivity index (χ1v) is 16.4. The van der Waals surface area contributed by atoms with Crippen LogP contribution in [-0.2, 0) is 0 Å². The predicted octanol–water partition coefficient (Wildman–Crippen LogP) is 13.0. The molecule has 0 bridgehead atoms. The van der Waals surface area contributed by atoms with Crippen LogP contribution in [0.3, 0.4) is 0 Å². The summed E-state index contributed by atoms with van der Waals surface area (Å²) in [6, 6.07) is 43.8. The molecule has 0 unspecified atom stereocenters. The molecule has 7 aromatic carbocycles. The number of allylic oxidation sites excluding steroid dienone is 9. The van der Waals surface area contributed by atoms with Crippen LogP contribution in [0, 0.1) is 0 Å². The van der Waals surface area contributed by atoms with Crippen LogP contribution in [0.5, 0.6) is 0 Å². The molecule has 0 atom stereocenters. The Bertz CT molecular complexity index is 2340. The van der Waals surface area contributed by atoms with Gasteiger partial charge in [0, 0.05) is 41.4 Å². The van der Waals surface area contributed by atoms with Gasteiger partial charge in [-0.3, -0.25) is 0 Å². The summed E-state index contributed by atoms with van der Waals surface area (Å²) in [7, 11) is 2.16. The minimum Gasteiger partial charge on any atom is -0.344 e. The molecule has 0 N–H and O–H groups in total. The second kappa shape index (κ2) is 13.3. The lowest BCUT2D eigenvalue weighted by molar-refractivity contribution is 1.21. The molecule has 2 nitrogen and oxygen atoms in total. The molecule has 0 aromatic heterocycles. The van der Waals surface area contributed by atoms with Crippen LogP contribution in [0.25, 0.3) is 43.1 Å². The van der Waals surface area contributed by atoms with E-state index in [1.807, 2.05) is 31.2 Å². The molecule has 0 aliphatic heterocycles. The quantitative estimate of drug-likeness (QED) is 0.0855. The van der Waals surface area contributed by atoms with Gasteiger partial charge in [-0.25, -0.2) is 0 Å². The molecule has 7 aromatic rings. The molecule has 48 heavy (non-hydrogen) atoms. The summed E-state index contributed by atoms with van der Waals surface area (Å²) in [6.45, 7) is 9.86. The van der Waals surface area contributed by atoms with Gasteiger partial charge >= 0.3 is 0 Å². The Kier molecular flexibility index (Phi) is 8.47. The maximum atomic E-state index is 3.99. The third kappa shape index (κ3) is 5.48. The lowest BCUT2D eigenvalue weighted by Gasteiger charge is -2.25. The van der Waals surface area contributed by atoms with Crippen LogP contribution in [0.4, 0.5) is 22.7 Å². The van der Waals surface area contributed by atoms with Gasteiger partial charge in [0.1, 0.15) is 0 Å². The highest BCUT2D eigenvalue weighted by Crippen LogP contribution is 2.43. The predicted molar refractivity (Wildman–Crippen MR) is 211 cm³/mol. The third-order valence-electron chi connectivity index (χ3n) is 9.12. The number of benzene rings is 7. The van der Waals surface area contributed by atoms with Crippen LogP contribution in [-0.4, -0.2) is 7.05 Å². The average Bonchev–Trinajstić information content (AvgIpc) is 3.14. The Morgan fingerprint density at radius 2 is 1.17 bits per heavy atom. The van der Waals surface area contributed by atoms with Crippen molar-refractivity contribution in [2.45, 2.75) is 6.92 Å². The molecular formula is C46H38N2. The first kappa shape index (κ1) is 30.5. The van der Waals surface area contributed by atoms with Gasteiger partial charge < -0.3 is 9.80 Å². The van der Waals surface area contributed by atoms with E-state index >= 15 is 0 Å². The summed E-state index contributed by atoms with van der Waals surface area (Å²) in [5, 5.41) is 10.4. The van der Waals surface area contributed by atoms with Gasteiger partial charge in [-0.2, -0.15) is 0 Å². The van der Waals surface area contributed by atoms with Gasteiger partial charge in [-0.15, -0.1) is 0 Å². The van der Waals surface area contributed by atoms with Crippen LogP contribution in [0.1, 0.15) is 6.92 Å². The zero-order valence-corrected chi connectivity index (χ0v) is 27.5. The molecule has 232 valence electrons. The summed E-state index contributed by atoms with van der Waals surface area (Å²) in [6.07, 6.45) is 16.0. The van der Waals surface area contributed by atoms with Crippen molar-refractivity contribution < 1.29 is 0 Å². The van der Waals surface area contributed by atoms with E-state index in [-0.39, 0.29) is 0 Å². The Morgan fingerprint density at radius 1 is 0.562 bits per heavy atom. The average molecular weight is 619 g/mol. The number of rotatable bonds is 10. The SMILES string of the molecule is C=C/C=C(C=C)/C(/C=C\C)=C/C=C/N(c1ccccc1)c1ccc(N(C)c2ccc3c4cccc5cccc(c6cccc2c63)c54)cc1. The van der Waals surface area contributed by atoms with Gasteiger partial charge in [0.25, 0.3) is 0 Å². The molecule has 0 radical (unpaired) electrons. The number of para-hydroxylation sites is 1. The summed E-state index contributed by atoms with van der Waals surface area (Å²) >= 11 is 0. The molecule has 0 saturated heterocycles. The molecule has 0 saturated carbocycles. The fraction of sp³-hybridized carbons (Fsp3) is 0.0435. The summed E-state index contributed by atoms with van der Waals surface area (Å²) in [5.74, 6) is 0. The largest absolute Gasteiger partial charge is 0.344 e. The second-order valence-corrected chi connectivity index (χ2v) is 11.9. The van der Waals surface area contributed by atoms with Crippen molar-refractivity contribution >= 4 is 65.8 Å². The second-order valence-electron chi connectivity index (χ2n) is 11.9. The van der Waals surface area contributed by atoms with Gasteiger partial charge in [-0.05, 0) is 104 Å². The highest BCUT2D eigenvalue weighted by atomic mass is 15.1. The molecule has 7 rings (SSSR count). The summed E-state index contributed by atoms with van der Waals surface area (Å²) in [4.78, 5) is 4.50. The maximum Gasteiger partial charge on any atom is 0.0488 e. The van der Waals surface area contributed by atoms with E-state index in [0.29, 0.717) is 0 Å². The summed E-state index contributed by atoms with van der Waals surface area (Å²) < 4.78 is 0. The van der Waals surface area contributed by atoms with Crippen LogP contribution < -0.4 is 9.80 Å². The molecule has 2 heteroatoms. The lowest BCUT2D eigenvalue weighted by atomic mass is 9.89. The maximum absolute atomic E-state index is 3.99. The van der Waals surface area contributed by atoms with Gasteiger partial charge in [0.2, 0.25) is 0 Å². The topological polar surface area (TPSA) is 6.48 Å². The standard InChI is InChI=1S/C46H38N2/c1-5-15-33(7-3)34(16-6-2)19-14-32-48(37-20-9-8-10-21-37)38-28-26-36(27-29-38)47(4)44-31-30-42-40-23-12-18-35-17-11-22-39(45(35)40)41-24-13-25-43(44)46(41)42/h5-32H,1,3H2,2,4H3/b16-6-,32-14+,33-15+,34-19+. The Hall–Kier alpha value is -6.12. The Balaban J connectivity index is 1.27. The molecule has 0 heterocycles. The molecule has 0 amide bonds. The number of nitrogens with zero attached hydrogens (tertiary/aromatic N) is 2. The zero-order valence-electron chi connectivity index (χ0n) is 27.5. The van der Waals surface area contributed by atoms with E-state index < -0.39 is 0 Å². The number of hydrogen-bond acceptors (Lipinski definition) is 2. The molecule has 0 fully saturated rings. The van der Waals surface area contributed by atoms with Crippen LogP contribution in [0.15, 0.2) is 194 Å². The highest BCUT2D eigenvalue weighted by molar-refractivity contribution is 6.34.